The Labute approximate surface area is 66.8 Å². The van der Waals surface area contributed by atoms with Gasteiger partial charge in [-0.15, -0.1) is 0 Å². The number of carboxylic acid groups (broad SMARTS) is 1. The van der Waals surface area contributed by atoms with Crippen LogP contribution in [0.15, 0.2) is 0 Å². The van der Waals surface area contributed by atoms with Crippen LogP contribution in [0.4, 0.5) is 0 Å². The molecule has 1 N–H and O–H groups in total. The Morgan fingerprint density at radius 2 is 2.09 bits per heavy atom. The number of ether oxygens (including phenoxy) is 1. The number of rotatable bonds is 4. The van der Waals surface area contributed by atoms with E-state index in [9.17, 15) is 4.79 Å². The van der Waals surface area contributed by atoms with Crippen LogP contribution in [0.2, 0.25) is 0 Å². The molecule has 0 spiro atoms. The molecule has 0 aliphatic carbocycles. The maximum Gasteiger partial charge on any atom is 0.317 e. The Hall–Kier alpha value is -0.610. The Bertz CT molecular complexity index is 145. The van der Waals surface area contributed by atoms with Crippen LogP contribution in [0.5, 0.6) is 0 Å². The zero-order valence-corrected chi connectivity index (χ0v) is 7.42. The van der Waals surface area contributed by atoms with E-state index in [1.165, 1.54) is 0 Å². The van der Waals surface area contributed by atoms with E-state index >= 15 is 0 Å². The van der Waals surface area contributed by atoms with Crippen molar-refractivity contribution < 1.29 is 14.6 Å². The Morgan fingerprint density at radius 3 is 2.36 bits per heavy atom. The summed E-state index contributed by atoms with van der Waals surface area (Å²) in [6, 6.07) is 0. The summed E-state index contributed by atoms with van der Waals surface area (Å²) in [4.78, 5) is 11.9. The number of methoxy groups -OCH3 is 1. The molecule has 0 amide bonds. The quantitative estimate of drug-likeness (QED) is 0.606. The number of hydrogen-bond acceptors (Lipinski definition) is 3. The highest BCUT2D eigenvalue weighted by Gasteiger charge is 2.23. The van der Waals surface area contributed by atoms with Crippen LogP contribution < -0.4 is 0 Å². The molecule has 0 saturated heterocycles. The van der Waals surface area contributed by atoms with Crippen molar-refractivity contribution in [3.05, 3.63) is 0 Å². The molecular formula is C7H15NO3. The molecule has 0 aliphatic heterocycles. The lowest BCUT2D eigenvalue weighted by atomic mass is 10.2. The molecule has 0 aromatic rings. The van der Waals surface area contributed by atoms with Crippen LogP contribution in [0, 0.1) is 0 Å². The van der Waals surface area contributed by atoms with E-state index in [1.807, 2.05) is 13.8 Å². The van der Waals surface area contributed by atoms with Gasteiger partial charge in [0.1, 0.15) is 5.72 Å². The normalized spacial score (nSPS) is 12.1. The van der Waals surface area contributed by atoms with Gasteiger partial charge in [-0.1, -0.05) is 0 Å². The molecule has 66 valence electrons. The molecule has 0 unspecified atom stereocenters. The zero-order chi connectivity index (χ0) is 9.07. The van der Waals surface area contributed by atoms with Gasteiger partial charge in [0, 0.05) is 7.11 Å². The second-order valence-electron chi connectivity index (χ2n) is 2.90. The van der Waals surface area contributed by atoms with Crippen molar-refractivity contribution in [1.82, 2.24) is 4.90 Å². The molecule has 0 saturated carbocycles. The SMILES string of the molecule is COC(C)(C)N(C)CC(=O)O. The maximum absolute atomic E-state index is 10.3. The summed E-state index contributed by atoms with van der Waals surface area (Å²) < 4.78 is 5.06. The standard InChI is InChI=1S/C7H15NO3/c1-7(2,11-4)8(3)5-6(9)10/h5H2,1-4H3,(H,9,10). The first-order valence-electron chi connectivity index (χ1n) is 3.38. The number of hydrogen-bond donors (Lipinski definition) is 1. The smallest absolute Gasteiger partial charge is 0.317 e. The number of aliphatic carboxylic acids is 1. The third-order valence-electron chi connectivity index (χ3n) is 1.79. The van der Waals surface area contributed by atoms with Crippen LogP contribution in [0.25, 0.3) is 0 Å². The van der Waals surface area contributed by atoms with E-state index in [1.54, 1.807) is 19.1 Å². The monoisotopic (exact) mass is 161 g/mol. The fourth-order valence-electron chi connectivity index (χ4n) is 0.549. The first kappa shape index (κ1) is 10.4. The summed E-state index contributed by atoms with van der Waals surface area (Å²) in [6.07, 6.45) is 0. The first-order chi connectivity index (χ1) is 4.90. The fourth-order valence-corrected chi connectivity index (χ4v) is 0.549. The molecule has 0 bridgehead atoms. The van der Waals surface area contributed by atoms with E-state index in [0.29, 0.717) is 0 Å². The summed E-state index contributed by atoms with van der Waals surface area (Å²) in [5.74, 6) is -0.849. The highest BCUT2D eigenvalue weighted by molar-refractivity contribution is 5.69. The molecule has 0 rings (SSSR count). The molecule has 4 nitrogen and oxygen atoms in total. The number of nitrogens with zero attached hydrogens (tertiary/aromatic N) is 1. The summed E-state index contributed by atoms with van der Waals surface area (Å²) >= 11 is 0. The molecular weight excluding hydrogens is 146 g/mol. The largest absolute Gasteiger partial charge is 0.480 e. The highest BCUT2D eigenvalue weighted by atomic mass is 16.5. The number of carboxylic acids is 1. The van der Waals surface area contributed by atoms with Gasteiger partial charge in [0.15, 0.2) is 0 Å². The molecule has 0 aromatic carbocycles. The topological polar surface area (TPSA) is 49.8 Å². The predicted molar refractivity (Wildman–Crippen MR) is 41.4 cm³/mol. The van der Waals surface area contributed by atoms with Crippen LogP contribution in [-0.2, 0) is 9.53 Å². The van der Waals surface area contributed by atoms with Crippen LogP contribution in [0.3, 0.4) is 0 Å². The molecule has 0 atom stereocenters. The van der Waals surface area contributed by atoms with Crippen molar-refractivity contribution in [3.63, 3.8) is 0 Å². The Kier molecular flexibility index (Phi) is 3.48. The van der Waals surface area contributed by atoms with Crippen molar-refractivity contribution in [2.24, 2.45) is 0 Å². The van der Waals surface area contributed by atoms with E-state index in [2.05, 4.69) is 0 Å². The van der Waals surface area contributed by atoms with E-state index < -0.39 is 11.7 Å². The second-order valence-corrected chi connectivity index (χ2v) is 2.90. The van der Waals surface area contributed by atoms with Gasteiger partial charge in [-0.2, -0.15) is 0 Å². The van der Waals surface area contributed by atoms with Gasteiger partial charge in [-0.25, -0.2) is 0 Å². The first-order valence-corrected chi connectivity index (χ1v) is 3.38. The van der Waals surface area contributed by atoms with Crippen molar-refractivity contribution >= 4 is 5.97 Å². The minimum Gasteiger partial charge on any atom is -0.480 e. The average molecular weight is 161 g/mol. The number of likely N-dealkylation sites (N-methyl/N-ethyl adjacent to an activating group) is 1. The molecule has 0 heterocycles. The second kappa shape index (κ2) is 3.69. The summed E-state index contributed by atoms with van der Waals surface area (Å²) in [5, 5.41) is 8.45. The molecule has 0 aliphatic rings. The van der Waals surface area contributed by atoms with Gasteiger partial charge >= 0.3 is 5.97 Å². The van der Waals surface area contributed by atoms with Crippen molar-refractivity contribution in [2.45, 2.75) is 19.6 Å². The summed E-state index contributed by atoms with van der Waals surface area (Å²) in [6.45, 7) is 3.62. The van der Waals surface area contributed by atoms with Gasteiger partial charge in [-0.05, 0) is 20.9 Å². The zero-order valence-electron chi connectivity index (χ0n) is 7.42. The third-order valence-corrected chi connectivity index (χ3v) is 1.79. The lowest BCUT2D eigenvalue weighted by Crippen LogP contribution is -2.45. The molecule has 0 aromatic heterocycles. The average Bonchev–Trinajstić information content (AvgIpc) is 1.86. The molecule has 0 radical (unpaired) electrons. The van der Waals surface area contributed by atoms with Crippen LogP contribution in [0.1, 0.15) is 13.8 Å². The van der Waals surface area contributed by atoms with E-state index in [4.69, 9.17) is 9.84 Å². The van der Waals surface area contributed by atoms with Crippen LogP contribution in [-0.4, -0.2) is 42.4 Å². The molecule has 11 heavy (non-hydrogen) atoms. The van der Waals surface area contributed by atoms with Crippen molar-refractivity contribution in [1.29, 1.82) is 0 Å². The van der Waals surface area contributed by atoms with Crippen LogP contribution >= 0.6 is 0 Å². The van der Waals surface area contributed by atoms with Crippen molar-refractivity contribution in [3.8, 4) is 0 Å². The lowest BCUT2D eigenvalue weighted by Gasteiger charge is -2.32. The van der Waals surface area contributed by atoms with Gasteiger partial charge in [-0.3, -0.25) is 9.69 Å². The predicted octanol–water partition coefficient (Wildman–Crippen LogP) is 0.385. The van der Waals surface area contributed by atoms with E-state index in [-0.39, 0.29) is 6.54 Å². The minimum absolute atomic E-state index is 0.0131. The summed E-state index contributed by atoms with van der Waals surface area (Å²) in [5.41, 5.74) is -0.515. The Balaban J connectivity index is 4.01. The van der Waals surface area contributed by atoms with Gasteiger partial charge in [0.05, 0.1) is 6.54 Å². The van der Waals surface area contributed by atoms with Gasteiger partial charge in [0.2, 0.25) is 0 Å². The third kappa shape index (κ3) is 3.34. The summed E-state index contributed by atoms with van der Waals surface area (Å²) in [7, 11) is 3.26. The fraction of sp³-hybridized carbons (Fsp3) is 0.857. The molecule has 4 heteroatoms. The van der Waals surface area contributed by atoms with Crippen molar-refractivity contribution in [2.75, 3.05) is 20.7 Å². The van der Waals surface area contributed by atoms with Gasteiger partial charge < -0.3 is 9.84 Å². The highest BCUT2D eigenvalue weighted by Crippen LogP contribution is 2.11. The van der Waals surface area contributed by atoms with E-state index in [0.717, 1.165) is 0 Å². The lowest BCUT2D eigenvalue weighted by molar-refractivity contribution is -0.148. The molecule has 0 fully saturated rings. The Morgan fingerprint density at radius 1 is 1.64 bits per heavy atom. The maximum atomic E-state index is 10.3. The van der Waals surface area contributed by atoms with Gasteiger partial charge in [0.25, 0.3) is 0 Å². The number of carbonyl (C=O) groups is 1. The minimum atomic E-state index is -0.849.